The number of benzene rings is 1. The number of aromatic hydroxyl groups is 1. The minimum absolute atomic E-state index is 0.0891. The Bertz CT molecular complexity index is 415. The Morgan fingerprint density at radius 1 is 1.50 bits per heavy atom. The number of rotatable bonds is 1. The van der Waals surface area contributed by atoms with Crippen LogP contribution < -0.4 is 0 Å². The lowest BCUT2D eigenvalue weighted by Gasteiger charge is -1.95. The number of carboxylic acids is 1. The largest absolute Gasteiger partial charge is 0.507 e. The number of halogens is 1. The second-order valence-corrected chi connectivity index (χ2v) is 2.53. The number of phenols is 1. The van der Waals surface area contributed by atoms with Gasteiger partial charge in [-0.1, -0.05) is 11.8 Å². The van der Waals surface area contributed by atoms with Crippen molar-refractivity contribution in [2.24, 2.45) is 0 Å². The second kappa shape index (κ2) is 4.28. The molecule has 0 saturated carbocycles. The molecule has 1 aromatic carbocycles. The second-order valence-electron chi connectivity index (χ2n) is 2.53. The topological polar surface area (TPSA) is 57.5 Å². The molecule has 0 aliphatic heterocycles. The van der Waals surface area contributed by atoms with Crippen LogP contribution in [-0.2, 0) is 4.79 Å². The van der Waals surface area contributed by atoms with Gasteiger partial charge < -0.3 is 10.2 Å². The standard InChI is InChI=1S/C10H7FO3/c11-8-4-5-9(12)7(6-8)2-1-3-10(13)14/h4-6,12H,3H2,(H,13,14). The number of aliphatic carboxylic acids is 1. The predicted molar refractivity (Wildman–Crippen MR) is 47.2 cm³/mol. The first kappa shape index (κ1) is 10.1. The van der Waals surface area contributed by atoms with Gasteiger partial charge in [0.05, 0.1) is 5.56 Å². The summed E-state index contributed by atoms with van der Waals surface area (Å²) >= 11 is 0. The molecular formula is C10H7FO3. The Kier molecular flexibility index (Phi) is 3.08. The van der Waals surface area contributed by atoms with Gasteiger partial charge in [-0.2, -0.15) is 0 Å². The zero-order chi connectivity index (χ0) is 10.6. The van der Waals surface area contributed by atoms with E-state index in [2.05, 4.69) is 11.8 Å². The Labute approximate surface area is 79.8 Å². The third-order valence-corrected chi connectivity index (χ3v) is 1.42. The van der Waals surface area contributed by atoms with E-state index in [0.717, 1.165) is 12.1 Å². The van der Waals surface area contributed by atoms with Crippen molar-refractivity contribution in [3.8, 4) is 17.6 Å². The summed E-state index contributed by atoms with van der Waals surface area (Å²) in [6.45, 7) is 0. The zero-order valence-electron chi connectivity index (χ0n) is 7.12. The number of carboxylic acid groups (broad SMARTS) is 1. The fraction of sp³-hybridized carbons (Fsp3) is 0.100. The van der Waals surface area contributed by atoms with Crippen LogP contribution in [0.5, 0.6) is 5.75 Å². The van der Waals surface area contributed by atoms with E-state index in [1.165, 1.54) is 6.07 Å². The number of carbonyl (C=O) groups is 1. The summed E-state index contributed by atoms with van der Waals surface area (Å²) in [6.07, 6.45) is -0.337. The highest BCUT2D eigenvalue weighted by molar-refractivity contribution is 5.70. The molecule has 0 unspecified atom stereocenters. The van der Waals surface area contributed by atoms with E-state index in [1.54, 1.807) is 0 Å². The van der Waals surface area contributed by atoms with Crippen molar-refractivity contribution < 1.29 is 19.4 Å². The molecule has 1 aromatic rings. The molecule has 0 bridgehead atoms. The van der Waals surface area contributed by atoms with Crippen LogP contribution in [0, 0.1) is 17.7 Å². The molecule has 4 heteroatoms. The van der Waals surface area contributed by atoms with Gasteiger partial charge in [-0.25, -0.2) is 4.39 Å². The molecule has 0 spiro atoms. The molecule has 0 radical (unpaired) electrons. The first-order valence-corrected chi connectivity index (χ1v) is 3.79. The van der Waals surface area contributed by atoms with Crippen LogP contribution in [0.25, 0.3) is 0 Å². The van der Waals surface area contributed by atoms with Gasteiger partial charge in [0.15, 0.2) is 0 Å². The molecule has 14 heavy (non-hydrogen) atoms. The molecule has 2 N–H and O–H groups in total. The fourth-order valence-corrected chi connectivity index (χ4v) is 0.823. The van der Waals surface area contributed by atoms with E-state index in [1.807, 2.05) is 0 Å². The normalized spacial score (nSPS) is 8.93. The Hall–Kier alpha value is -2.02. The van der Waals surface area contributed by atoms with Crippen LogP contribution in [-0.4, -0.2) is 16.2 Å². The lowest BCUT2D eigenvalue weighted by Crippen LogP contribution is -1.90. The molecule has 0 aliphatic rings. The summed E-state index contributed by atoms with van der Waals surface area (Å²) in [7, 11) is 0. The SMILES string of the molecule is O=C(O)CC#Cc1cc(F)ccc1O. The average molecular weight is 194 g/mol. The molecule has 0 aliphatic carbocycles. The van der Waals surface area contributed by atoms with Crippen LogP contribution in [0.3, 0.4) is 0 Å². The summed E-state index contributed by atoms with van der Waals surface area (Å²) < 4.78 is 12.6. The van der Waals surface area contributed by atoms with Crippen molar-refractivity contribution in [3.63, 3.8) is 0 Å². The summed E-state index contributed by atoms with van der Waals surface area (Å²) in [6, 6.07) is 3.31. The van der Waals surface area contributed by atoms with Crippen molar-refractivity contribution >= 4 is 5.97 Å². The number of hydrogen-bond acceptors (Lipinski definition) is 2. The molecule has 0 amide bonds. The summed E-state index contributed by atoms with van der Waals surface area (Å²) in [4.78, 5) is 10.1. The monoisotopic (exact) mass is 194 g/mol. The maximum absolute atomic E-state index is 12.6. The Morgan fingerprint density at radius 2 is 2.21 bits per heavy atom. The quantitative estimate of drug-likeness (QED) is 0.663. The van der Waals surface area contributed by atoms with E-state index >= 15 is 0 Å². The maximum atomic E-state index is 12.6. The first-order valence-electron chi connectivity index (χ1n) is 3.79. The zero-order valence-corrected chi connectivity index (χ0v) is 7.12. The lowest BCUT2D eigenvalue weighted by molar-refractivity contribution is -0.135. The molecule has 0 heterocycles. The van der Waals surface area contributed by atoms with Crippen LogP contribution in [0.2, 0.25) is 0 Å². The predicted octanol–water partition coefficient (Wildman–Crippen LogP) is 1.36. The van der Waals surface area contributed by atoms with E-state index in [0.29, 0.717) is 0 Å². The van der Waals surface area contributed by atoms with Crippen LogP contribution in [0.15, 0.2) is 18.2 Å². The van der Waals surface area contributed by atoms with Crippen molar-refractivity contribution in [1.29, 1.82) is 0 Å². The van der Waals surface area contributed by atoms with E-state index in [-0.39, 0.29) is 17.7 Å². The van der Waals surface area contributed by atoms with Crippen LogP contribution in [0.4, 0.5) is 4.39 Å². The van der Waals surface area contributed by atoms with Gasteiger partial charge in [-0.15, -0.1) is 0 Å². The first-order chi connectivity index (χ1) is 6.59. The third-order valence-electron chi connectivity index (χ3n) is 1.42. The van der Waals surface area contributed by atoms with Gasteiger partial charge in [-0.3, -0.25) is 4.79 Å². The minimum atomic E-state index is -1.06. The highest BCUT2D eigenvalue weighted by atomic mass is 19.1. The maximum Gasteiger partial charge on any atom is 0.315 e. The average Bonchev–Trinajstić information content (AvgIpc) is 2.10. The molecule has 0 aromatic heterocycles. The molecule has 3 nitrogen and oxygen atoms in total. The van der Waals surface area contributed by atoms with Crippen molar-refractivity contribution in [3.05, 3.63) is 29.6 Å². The van der Waals surface area contributed by atoms with Crippen LogP contribution in [0.1, 0.15) is 12.0 Å². The van der Waals surface area contributed by atoms with Gasteiger partial charge in [0, 0.05) is 0 Å². The summed E-state index contributed by atoms with van der Waals surface area (Å²) in [5.41, 5.74) is 0.0891. The van der Waals surface area contributed by atoms with Gasteiger partial charge in [0.1, 0.15) is 18.0 Å². The Morgan fingerprint density at radius 3 is 2.86 bits per heavy atom. The highest BCUT2D eigenvalue weighted by Crippen LogP contribution is 2.16. The summed E-state index contributed by atoms with van der Waals surface area (Å²) in [5, 5.41) is 17.5. The molecule has 0 saturated heterocycles. The lowest BCUT2D eigenvalue weighted by atomic mass is 10.2. The summed E-state index contributed by atoms with van der Waals surface area (Å²) in [5.74, 6) is 2.91. The van der Waals surface area contributed by atoms with Crippen molar-refractivity contribution in [1.82, 2.24) is 0 Å². The van der Waals surface area contributed by atoms with Gasteiger partial charge in [0.25, 0.3) is 0 Å². The van der Waals surface area contributed by atoms with Gasteiger partial charge in [0.2, 0.25) is 0 Å². The van der Waals surface area contributed by atoms with Crippen LogP contribution >= 0.6 is 0 Å². The van der Waals surface area contributed by atoms with E-state index in [4.69, 9.17) is 5.11 Å². The molecule has 72 valence electrons. The van der Waals surface area contributed by atoms with Crippen molar-refractivity contribution in [2.75, 3.05) is 0 Å². The molecule has 1 rings (SSSR count). The fourth-order valence-electron chi connectivity index (χ4n) is 0.823. The highest BCUT2D eigenvalue weighted by Gasteiger charge is 1.99. The Balaban J connectivity index is 2.88. The van der Waals surface area contributed by atoms with Gasteiger partial charge in [-0.05, 0) is 18.2 Å². The van der Waals surface area contributed by atoms with Crippen molar-refractivity contribution in [2.45, 2.75) is 6.42 Å². The molecule has 0 atom stereocenters. The minimum Gasteiger partial charge on any atom is -0.507 e. The van der Waals surface area contributed by atoms with E-state index in [9.17, 15) is 14.3 Å². The smallest absolute Gasteiger partial charge is 0.315 e. The van der Waals surface area contributed by atoms with E-state index < -0.39 is 11.8 Å². The van der Waals surface area contributed by atoms with Gasteiger partial charge >= 0.3 is 5.97 Å². The molecular weight excluding hydrogens is 187 g/mol. The number of phenolic OH excluding ortho intramolecular Hbond substituents is 1. The molecule has 0 fully saturated rings. The number of hydrogen-bond donors (Lipinski definition) is 2. The third kappa shape index (κ3) is 2.79.